The second kappa shape index (κ2) is 9.14. The minimum atomic E-state index is -0.514. The molecule has 1 aromatic carbocycles. The molecule has 3 heterocycles. The summed E-state index contributed by atoms with van der Waals surface area (Å²) in [5.74, 6) is 1.29. The number of nitrogens with two attached hydrogens (primary N) is 1. The average Bonchev–Trinajstić information content (AvgIpc) is 3.35. The minimum absolute atomic E-state index is 0.294. The monoisotopic (exact) mass is 465 g/mol. The van der Waals surface area contributed by atoms with Crippen LogP contribution in [0.25, 0.3) is 32.3 Å². The molecule has 9 nitrogen and oxygen atoms in total. The van der Waals surface area contributed by atoms with Gasteiger partial charge in [0.2, 0.25) is 0 Å². The summed E-state index contributed by atoms with van der Waals surface area (Å²) in [6.07, 6.45) is 1.15. The number of carbonyl (C=O) groups excluding carboxylic acids is 1. The number of imidazole rings is 1. The predicted molar refractivity (Wildman–Crippen MR) is 130 cm³/mol. The molecule has 0 aliphatic carbocycles. The van der Waals surface area contributed by atoms with Crippen LogP contribution in [0.4, 0.5) is 10.6 Å². The highest BCUT2D eigenvalue weighted by Gasteiger charge is 2.29. The lowest BCUT2D eigenvalue weighted by Crippen LogP contribution is -2.26. The summed E-state index contributed by atoms with van der Waals surface area (Å²) in [5, 5.41) is 0.722. The van der Waals surface area contributed by atoms with E-state index in [0.29, 0.717) is 34.3 Å². The highest BCUT2D eigenvalue weighted by molar-refractivity contribution is 7.21. The number of ether oxygens (including phenoxy) is 1. The van der Waals surface area contributed by atoms with E-state index < -0.39 is 12.2 Å². The molecule has 1 amide bonds. The summed E-state index contributed by atoms with van der Waals surface area (Å²) < 4.78 is 7.81. The van der Waals surface area contributed by atoms with Gasteiger partial charge in [0.1, 0.15) is 27.4 Å². The van der Waals surface area contributed by atoms with Gasteiger partial charge >= 0.3 is 6.09 Å². The Morgan fingerprint density at radius 3 is 2.55 bits per heavy atom. The summed E-state index contributed by atoms with van der Waals surface area (Å²) in [6.45, 7) is 4.18. The summed E-state index contributed by atoms with van der Waals surface area (Å²) in [7, 11) is 5.25. The number of nitrogen functional groups attached to an aromatic ring is 1. The van der Waals surface area contributed by atoms with Crippen LogP contribution in [0.1, 0.15) is 32.2 Å². The molecule has 10 heteroatoms. The van der Waals surface area contributed by atoms with Crippen LogP contribution in [-0.2, 0) is 11.8 Å². The number of aromatic nitrogens is 5. The quantitative estimate of drug-likeness (QED) is 0.445. The second-order valence-corrected chi connectivity index (χ2v) is 9.40. The van der Waals surface area contributed by atoms with E-state index in [2.05, 4.69) is 23.8 Å². The fourth-order valence-corrected chi connectivity index (χ4v) is 4.58. The highest BCUT2D eigenvalue weighted by atomic mass is 32.1. The minimum Gasteiger partial charge on any atom is -0.438 e. The van der Waals surface area contributed by atoms with Crippen LogP contribution in [0.5, 0.6) is 0 Å². The normalized spacial score (nSPS) is 12.3. The molecule has 0 bridgehead atoms. The number of fused-ring (bicyclic) bond motifs is 1. The predicted octanol–water partition coefficient (Wildman–Crippen LogP) is 4.52. The Bertz CT molecular complexity index is 1280. The molecule has 2 N–H and O–H groups in total. The van der Waals surface area contributed by atoms with Crippen molar-refractivity contribution in [1.29, 1.82) is 0 Å². The number of hydrogen-bond acceptors (Lipinski definition) is 8. The Morgan fingerprint density at radius 1 is 1.18 bits per heavy atom. The lowest BCUT2D eigenvalue weighted by molar-refractivity contribution is 0.0582. The van der Waals surface area contributed by atoms with Crippen molar-refractivity contribution < 1.29 is 9.53 Å². The van der Waals surface area contributed by atoms with Crippen molar-refractivity contribution in [3.8, 4) is 22.0 Å². The van der Waals surface area contributed by atoms with E-state index in [-0.39, 0.29) is 0 Å². The fraction of sp³-hybridized carbons (Fsp3) is 0.348. The Morgan fingerprint density at radius 2 is 1.91 bits per heavy atom. The van der Waals surface area contributed by atoms with Crippen LogP contribution in [0.2, 0.25) is 0 Å². The van der Waals surface area contributed by atoms with Crippen LogP contribution < -0.4 is 5.73 Å². The number of benzene rings is 1. The van der Waals surface area contributed by atoms with E-state index in [1.807, 2.05) is 41.9 Å². The molecule has 4 rings (SSSR count). The third-order valence-corrected chi connectivity index (χ3v) is 6.16. The van der Waals surface area contributed by atoms with Crippen LogP contribution in [0.3, 0.4) is 0 Å². The zero-order chi connectivity index (χ0) is 23.7. The average molecular weight is 466 g/mol. The number of carbonyl (C=O) groups is 1. The molecule has 1 unspecified atom stereocenters. The van der Waals surface area contributed by atoms with E-state index in [1.54, 1.807) is 14.1 Å². The van der Waals surface area contributed by atoms with Crippen molar-refractivity contribution in [1.82, 2.24) is 29.4 Å². The van der Waals surface area contributed by atoms with Crippen molar-refractivity contribution in [2.45, 2.75) is 26.4 Å². The molecular weight excluding hydrogens is 438 g/mol. The molecule has 3 aromatic heterocycles. The summed E-state index contributed by atoms with van der Waals surface area (Å²) in [5.41, 5.74) is 9.11. The number of amides is 1. The molecule has 0 radical (unpaired) electrons. The summed E-state index contributed by atoms with van der Waals surface area (Å²) >= 11 is 1.43. The van der Waals surface area contributed by atoms with Crippen LogP contribution >= 0.6 is 11.3 Å². The maximum Gasteiger partial charge on any atom is 0.409 e. The fourth-order valence-electron chi connectivity index (χ4n) is 3.58. The van der Waals surface area contributed by atoms with Gasteiger partial charge in [-0.2, -0.15) is 0 Å². The summed E-state index contributed by atoms with van der Waals surface area (Å²) in [6, 6.07) is 9.89. The Labute approximate surface area is 196 Å². The van der Waals surface area contributed by atoms with E-state index >= 15 is 0 Å². The molecular formula is C23H27N7O2S. The first-order valence-corrected chi connectivity index (χ1v) is 11.4. The first kappa shape index (κ1) is 22.7. The first-order chi connectivity index (χ1) is 15.8. The van der Waals surface area contributed by atoms with Gasteiger partial charge in [-0.1, -0.05) is 55.5 Å². The van der Waals surface area contributed by atoms with E-state index in [9.17, 15) is 4.79 Å². The Hall–Kier alpha value is -3.53. The van der Waals surface area contributed by atoms with Crippen LogP contribution in [0, 0.1) is 5.92 Å². The second-order valence-electron chi connectivity index (χ2n) is 8.42. The molecule has 0 fully saturated rings. The molecule has 1 atom stereocenters. The molecule has 0 saturated heterocycles. The smallest absolute Gasteiger partial charge is 0.409 e. The zero-order valence-electron chi connectivity index (χ0n) is 19.3. The van der Waals surface area contributed by atoms with Gasteiger partial charge in [0, 0.05) is 26.7 Å². The van der Waals surface area contributed by atoms with Crippen molar-refractivity contribution in [3.63, 3.8) is 0 Å². The van der Waals surface area contributed by atoms with Gasteiger partial charge in [-0.25, -0.2) is 24.7 Å². The first-order valence-electron chi connectivity index (χ1n) is 10.6. The third kappa shape index (κ3) is 4.51. The maximum atomic E-state index is 12.4. The van der Waals surface area contributed by atoms with Crippen LogP contribution in [-0.4, -0.2) is 49.6 Å². The van der Waals surface area contributed by atoms with Crippen molar-refractivity contribution >= 4 is 33.6 Å². The number of nitrogens with zero attached hydrogens (tertiary/aromatic N) is 6. The molecule has 4 aromatic rings. The molecule has 0 spiro atoms. The van der Waals surface area contributed by atoms with Gasteiger partial charge in [0.15, 0.2) is 17.7 Å². The highest BCUT2D eigenvalue weighted by Crippen LogP contribution is 2.39. The van der Waals surface area contributed by atoms with E-state index in [1.165, 1.54) is 22.6 Å². The lowest BCUT2D eigenvalue weighted by atomic mass is 10.1. The SMILES string of the molecule is CC(C)CC(OC(=O)N(C)C)c1nc(-c2ccccc2)c(-c2nc3c(N)ncnc3s2)n1C. The Kier molecular flexibility index (Phi) is 6.28. The molecule has 33 heavy (non-hydrogen) atoms. The van der Waals surface area contributed by atoms with E-state index in [4.69, 9.17) is 20.4 Å². The van der Waals surface area contributed by atoms with Gasteiger partial charge in [0.05, 0.1) is 5.69 Å². The number of hydrogen-bond donors (Lipinski definition) is 1. The van der Waals surface area contributed by atoms with Crippen molar-refractivity contribution in [3.05, 3.63) is 42.5 Å². The number of rotatable bonds is 6. The van der Waals surface area contributed by atoms with Crippen molar-refractivity contribution in [2.24, 2.45) is 13.0 Å². The van der Waals surface area contributed by atoms with E-state index in [0.717, 1.165) is 22.0 Å². The lowest BCUT2D eigenvalue weighted by Gasteiger charge is -2.21. The largest absolute Gasteiger partial charge is 0.438 e. The zero-order valence-corrected chi connectivity index (χ0v) is 20.1. The van der Waals surface area contributed by atoms with Gasteiger partial charge in [-0.15, -0.1) is 0 Å². The Balaban J connectivity index is 1.91. The molecule has 0 aliphatic heterocycles. The van der Waals surface area contributed by atoms with Gasteiger partial charge < -0.3 is 19.9 Å². The summed E-state index contributed by atoms with van der Waals surface area (Å²) in [4.78, 5) is 32.7. The number of thiazole rings is 1. The topological polar surface area (TPSA) is 112 Å². The van der Waals surface area contributed by atoms with Gasteiger partial charge in [-0.3, -0.25) is 0 Å². The maximum absolute atomic E-state index is 12.4. The standard InChI is InChI=1S/C23H27N7O2S/c1-13(2)11-15(32-23(31)29(3)4)20-27-16(14-9-7-6-8-10-14)18(30(20)5)22-28-17-19(24)25-12-26-21(17)33-22/h6-10,12-13,15H,11H2,1-5H3,(H2,24,25,26). The number of anilines is 1. The molecule has 0 aliphatic rings. The van der Waals surface area contributed by atoms with Gasteiger partial charge in [0.25, 0.3) is 0 Å². The molecule has 0 saturated carbocycles. The van der Waals surface area contributed by atoms with Gasteiger partial charge in [-0.05, 0) is 12.3 Å². The van der Waals surface area contributed by atoms with Crippen LogP contribution in [0.15, 0.2) is 36.7 Å². The molecule has 172 valence electrons. The van der Waals surface area contributed by atoms with Crippen molar-refractivity contribution in [2.75, 3.05) is 19.8 Å². The third-order valence-electron chi connectivity index (χ3n) is 5.18.